The predicted molar refractivity (Wildman–Crippen MR) is 112 cm³/mol. The highest BCUT2D eigenvalue weighted by atomic mass is 19.1. The lowest BCUT2D eigenvalue weighted by molar-refractivity contribution is -0.125. The summed E-state index contributed by atoms with van der Waals surface area (Å²) >= 11 is 0. The highest BCUT2D eigenvalue weighted by molar-refractivity contribution is 5.77. The van der Waals surface area contributed by atoms with E-state index in [9.17, 15) is 9.18 Å². The molecule has 0 aliphatic carbocycles. The number of methoxy groups -OCH3 is 3. The van der Waals surface area contributed by atoms with Gasteiger partial charge < -0.3 is 19.5 Å². The fraction of sp³-hybridized carbons (Fsp3) is 0.435. The van der Waals surface area contributed by atoms with Crippen LogP contribution in [-0.2, 0) is 22.5 Å². The molecule has 7 heteroatoms. The Labute approximate surface area is 176 Å². The second-order valence-electron chi connectivity index (χ2n) is 7.45. The molecule has 1 N–H and O–H groups in total. The summed E-state index contributed by atoms with van der Waals surface area (Å²) in [5.74, 6) is 0.881. The molecule has 6 nitrogen and oxygen atoms in total. The Hall–Kier alpha value is -2.64. The highest BCUT2D eigenvalue weighted by Crippen LogP contribution is 2.40. The second kappa shape index (κ2) is 9.91. The van der Waals surface area contributed by atoms with Crippen molar-refractivity contribution in [2.75, 3.05) is 34.5 Å². The number of rotatable bonds is 8. The molecule has 1 amide bonds. The summed E-state index contributed by atoms with van der Waals surface area (Å²) in [5.41, 5.74) is 2.80. The van der Waals surface area contributed by atoms with Gasteiger partial charge in [0.1, 0.15) is 12.4 Å². The number of hydrogen-bond donors (Lipinski definition) is 1. The molecule has 0 unspecified atom stereocenters. The normalized spacial score (nSPS) is 17.2. The van der Waals surface area contributed by atoms with Crippen LogP contribution in [0.15, 0.2) is 36.4 Å². The lowest BCUT2D eigenvalue weighted by atomic mass is 9.87. The average molecular weight is 416 g/mol. The number of nitrogens with zero attached hydrogens (tertiary/aromatic N) is 1. The third kappa shape index (κ3) is 4.74. The fourth-order valence-corrected chi connectivity index (χ4v) is 4.14. The van der Waals surface area contributed by atoms with Crippen molar-refractivity contribution in [2.45, 2.75) is 32.0 Å². The van der Waals surface area contributed by atoms with Crippen LogP contribution in [0.3, 0.4) is 0 Å². The lowest BCUT2D eigenvalue weighted by Crippen LogP contribution is -2.48. The van der Waals surface area contributed by atoms with E-state index in [0.717, 1.165) is 24.1 Å². The maximum absolute atomic E-state index is 14.3. The van der Waals surface area contributed by atoms with Gasteiger partial charge in [0.15, 0.2) is 11.5 Å². The van der Waals surface area contributed by atoms with Gasteiger partial charge in [0.05, 0.1) is 20.3 Å². The van der Waals surface area contributed by atoms with Crippen LogP contribution in [0.2, 0.25) is 0 Å². The van der Waals surface area contributed by atoms with E-state index >= 15 is 0 Å². The van der Waals surface area contributed by atoms with Crippen molar-refractivity contribution in [2.24, 2.45) is 0 Å². The summed E-state index contributed by atoms with van der Waals surface area (Å²) in [6.45, 7) is 3.11. The average Bonchev–Trinajstić information content (AvgIpc) is 2.74. The Kier molecular flexibility index (Phi) is 7.29. The standard InChI is InChI=1S/C23H29FN2O4/c1-15(25-22(27)14-28-2)23-18-12-21(30-4)20(29-3)11-16(18)9-10-26(23)13-17-7-5-6-8-19(17)24/h5-8,11-12,15,23H,9-10,13-14H2,1-4H3,(H,25,27)/t15-,23-/m0/s1. The van der Waals surface area contributed by atoms with Gasteiger partial charge in [-0.25, -0.2) is 4.39 Å². The molecular formula is C23H29FN2O4. The van der Waals surface area contributed by atoms with E-state index < -0.39 is 0 Å². The van der Waals surface area contributed by atoms with Crippen molar-refractivity contribution in [3.8, 4) is 11.5 Å². The van der Waals surface area contributed by atoms with Gasteiger partial charge in [-0.15, -0.1) is 0 Å². The Morgan fingerprint density at radius 2 is 1.90 bits per heavy atom. The molecule has 1 aliphatic rings. The molecular weight excluding hydrogens is 387 g/mol. The van der Waals surface area contributed by atoms with Crippen molar-refractivity contribution >= 4 is 5.91 Å². The van der Waals surface area contributed by atoms with Crippen molar-refractivity contribution < 1.29 is 23.4 Å². The maximum Gasteiger partial charge on any atom is 0.246 e. The van der Waals surface area contributed by atoms with Gasteiger partial charge in [-0.3, -0.25) is 9.69 Å². The van der Waals surface area contributed by atoms with Crippen LogP contribution in [0.5, 0.6) is 11.5 Å². The molecule has 0 aromatic heterocycles. The highest BCUT2D eigenvalue weighted by Gasteiger charge is 2.34. The summed E-state index contributed by atoms with van der Waals surface area (Å²) in [6.07, 6.45) is 0.791. The third-order valence-corrected chi connectivity index (χ3v) is 5.49. The molecule has 1 aliphatic heterocycles. The first-order valence-corrected chi connectivity index (χ1v) is 9.99. The number of hydrogen-bond acceptors (Lipinski definition) is 5. The van der Waals surface area contributed by atoms with E-state index in [1.807, 2.05) is 25.1 Å². The number of carbonyl (C=O) groups excluding carboxylic acids is 1. The Morgan fingerprint density at radius 1 is 1.20 bits per heavy atom. The molecule has 0 spiro atoms. The van der Waals surface area contributed by atoms with Gasteiger partial charge in [0, 0.05) is 31.8 Å². The maximum atomic E-state index is 14.3. The minimum atomic E-state index is -0.231. The monoisotopic (exact) mass is 416 g/mol. The van der Waals surface area contributed by atoms with Crippen LogP contribution in [0.1, 0.15) is 29.7 Å². The quantitative estimate of drug-likeness (QED) is 0.717. The zero-order chi connectivity index (χ0) is 21.7. The van der Waals surface area contributed by atoms with Crippen molar-refractivity contribution in [1.82, 2.24) is 10.2 Å². The molecule has 0 radical (unpaired) electrons. The number of carbonyl (C=O) groups is 1. The zero-order valence-electron chi connectivity index (χ0n) is 17.9. The zero-order valence-corrected chi connectivity index (χ0v) is 17.9. The topological polar surface area (TPSA) is 60.0 Å². The first-order chi connectivity index (χ1) is 14.5. The largest absolute Gasteiger partial charge is 0.493 e. The smallest absolute Gasteiger partial charge is 0.246 e. The van der Waals surface area contributed by atoms with E-state index in [4.69, 9.17) is 14.2 Å². The first-order valence-electron chi connectivity index (χ1n) is 9.99. The Balaban J connectivity index is 1.99. The Bertz CT molecular complexity index is 890. The minimum Gasteiger partial charge on any atom is -0.493 e. The predicted octanol–water partition coefficient (Wildman–Crippen LogP) is 3.09. The summed E-state index contributed by atoms with van der Waals surface area (Å²) in [4.78, 5) is 14.4. The van der Waals surface area contributed by atoms with Crippen LogP contribution in [0.25, 0.3) is 0 Å². The molecule has 162 valence electrons. The molecule has 2 aromatic rings. The van der Waals surface area contributed by atoms with E-state index in [0.29, 0.717) is 23.6 Å². The number of nitrogens with one attached hydrogen (secondary N) is 1. The van der Waals surface area contributed by atoms with Crippen LogP contribution < -0.4 is 14.8 Å². The van der Waals surface area contributed by atoms with Gasteiger partial charge in [-0.1, -0.05) is 18.2 Å². The Morgan fingerprint density at radius 3 is 2.57 bits per heavy atom. The molecule has 0 fully saturated rings. The van der Waals surface area contributed by atoms with E-state index in [1.54, 1.807) is 26.4 Å². The third-order valence-electron chi connectivity index (χ3n) is 5.49. The van der Waals surface area contributed by atoms with Gasteiger partial charge in [-0.05, 0) is 42.7 Å². The summed E-state index contributed by atoms with van der Waals surface area (Å²) in [6, 6.07) is 10.4. The van der Waals surface area contributed by atoms with Crippen molar-refractivity contribution in [3.05, 3.63) is 58.9 Å². The van der Waals surface area contributed by atoms with Gasteiger partial charge in [0.25, 0.3) is 0 Å². The number of fused-ring (bicyclic) bond motifs is 1. The molecule has 2 aromatic carbocycles. The molecule has 0 saturated heterocycles. The van der Waals surface area contributed by atoms with Gasteiger partial charge in [-0.2, -0.15) is 0 Å². The molecule has 3 rings (SSSR count). The first kappa shape index (κ1) is 22.1. The minimum absolute atomic E-state index is 0.0107. The van der Waals surface area contributed by atoms with E-state index in [2.05, 4.69) is 10.2 Å². The fourth-order valence-electron chi connectivity index (χ4n) is 4.14. The summed E-state index contributed by atoms with van der Waals surface area (Å²) < 4.78 is 30.3. The summed E-state index contributed by atoms with van der Waals surface area (Å²) in [5, 5.41) is 3.02. The van der Waals surface area contributed by atoms with Crippen molar-refractivity contribution in [3.63, 3.8) is 0 Å². The van der Waals surface area contributed by atoms with Gasteiger partial charge >= 0.3 is 0 Å². The number of benzene rings is 2. The van der Waals surface area contributed by atoms with Crippen LogP contribution in [0, 0.1) is 5.82 Å². The molecule has 2 atom stereocenters. The van der Waals surface area contributed by atoms with Crippen LogP contribution in [-0.4, -0.2) is 51.3 Å². The molecule has 0 saturated carbocycles. The summed E-state index contributed by atoms with van der Waals surface area (Å²) in [7, 11) is 4.70. The van der Waals surface area contributed by atoms with E-state index in [1.165, 1.54) is 13.2 Å². The van der Waals surface area contributed by atoms with Crippen LogP contribution in [0.4, 0.5) is 4.39 Å². The van der Waals surface area contributed by atoms with E-state index in [-0.39, 0.29) is 30.4 Å². The number of halogens is 1. The van der Waals surface area contributed by atoms with Crippen molar-refractivity contribution in [1.29, 1.82) is 0 Å². The molecule has 1 heterocycles. The number of amides is 1. The molecule has 0 bridgehead atoms. The molecule has 30 heavy (non-hydrogen) atoms. The number of ether oxygens (including phenoxy) is 3. The van der Waals surface area contributed by atoms with Crippen LogP contribution >= 0.6 is 0 Å². The lowest BCUT2D eigenvalue weighted by Gasteiger charge is -2.41. The second-order valence-corrected chi connectivity index (χ2v) is 7.45. The van der Waals surface area contributed by atoms with Gasteiger partial charge in [0.2, 0.25) is 5.91 Å². The SMILES string of the molecule is COCC(=O)N[C@@H](C)[C@H]1c2cc(OC)c(OC)cc2CCN1Cc1ccccc1F.